The Labute approximate surface area is 176 Å². The number of morpholine rings is 1. The van der Waals surface area contributed by atoms with Gasteiger partial charge in [-0.05, 0) is 43.3 Å². The molecule has 1 spiro atoms. The van der Waals surface area contributed by atoms with Gasteiger partial charge in [-0.25, -0.2) is 4.39 Å². The van der Waals surface area contributed by atoms with E-state index in [9.17, 15) is 22.8 Å². The number of carbonyl (C=O) groups excluding carboxylic acids is 2. The van der Waals surface area contributed by atoms with E-state index < -0.39 is 29.3 Å². The number of hydrogen-bond donors (Lipinski definition) is 0. The van der Waals surface area contributed by atoms with Crippen molar-refractivity contribution in [2.45, 2.75) is 18.6 Å². The van der Waals surface area contributed by atoms with Gasteiger partial charge in [0.25, 0.3) is 5.91 Å². The number of aromatic nitrogens is 1. The number of rotatable bonds is 2. The highest BCUT2D eigenvalue weighted by atomic mass is 19.3. The molecule has 2 aromatic rings. The lowest BCUT2D eigenvalue weighted by Crippen LogP contribution is -2.66. The van der Waals surface area contributed by atoms with Gasteiger partial charge in [0.05, 0.1) is 31.9 Å². The molecular weight excluding hydrogens is 415 g/mol. The molecule has 4 rings (SSSR count). The standard InChI is InChI=1S/C21H20F3N3O4/c1-14-2-3-15(10-25-14)18(28)26-8-9-30-13-20(11-26)12-27(19(29)21(23,24)31-20)17-6-4-16(22)5-7-17/h2-7,10H,8-9,11-13H2,1H3. The van der Waals surface area contributed by atoms with Gasteiger partial charge >= 0.3 is 12.0 Å². The summed E-state index contributed by atoms with van der Waals surface area (Å²) in [6, 6.07) is 7.91. The summed E-state index contributed by atoms with van der Waals surface area (Å²) in [5.74, 6) is -2.53. The van der Waals surface area contributed by atoms with Crippen LogP contribution in [0.3, 0.4) is 0 Å². The number of carbonyl (C=O) groups is 2. The third-order valence-electron chi connectivity index (χ3n) is 5.22. The fraction of sp³-hybridized carbons (Fsp3) is 0.381. The molecule has 0 N–H and O–H groups in total. The Kier molecular flexibility index (Phi) is 5.44. The molecule has 1 aromatic heterocycles. The van der Waals surface area contributed by atoms with Crippen LogP contribution < -0.4 is 4.90 Å². The Morgan fingerprint density at radius 1 is 1.13 bits per heavy atom. The number of hydrogen-bond acceptors (Lipinski definition) is 5. The smallest absolute Gasteiger partial charge is 0.376 e. The lowest BCUT2D eigenvalue weighted by Gasteiger charge is -2.45. The number of aryl methyl sites for hydroxylation is 1. The Bertz CT molecular complexity index is 984. The number of halogens is 3. The van der Waals surface area contributed by atoms with Gasteiger partial charge in [0.2, 0.25) is 0 Å². The average molecular weight is 435 g/mol. The first-order valence-corrected chi connectivity index (χ1v) is 9.64. The van der Waals surface area contributed by atoms with Gasteiger partial charge in [-0.15, -0.1) is 0 Å². The first-order valence-electron chi connectivity index (χ1n) is 9.64. The lowest BCUT2D eigenvalue weighted by molar-refractivity contribution is -0.293. The zero-order valence-corrected chi connectivity index (χ0v) is 16.7. The Morgan fingerprint density at radius 3 is 2.55 bits per heavy atom. The SMILES string of the molecule is Cc1ccc(C(=O)N2CCOCC3(C2)CN(c2ccc(F)cc2)C(=O)C(F)(F)O3)cn1. The fourth-order valence-electron chi connectivity index (χ4n) is 3.71. The van der Waals surface area contributed by atoms with Gasteiger partial charge in [0.1, 0.15) is 11.4 Å². The van der Waals surface area contributed by atoms with Crippen LogP contribution in [0, 0.1) is 12.7 Å². The first kappa shape index (κ1) is 21.3. The van der Waals surface area contributed by atoms with Crippen molar-refractivity contribution in [3.63, 3.8) is 0 Å². The van der Waals surface area contributed by atoms with Crippen LogP contribution in [0.2, 0.25) is 0 Å². The third-order valence-corrected chi connectivity index (χ3v) is 5.22. The zero-order valence-electron chi connectivity index (χ0n) is 16.7. The molecule has 1 aromatic carbocycles. The summed E-state index contributed by atoms with van der Waals surface area (Å²) < 4.78 is 53.0. The van der Waals surface area contributed by atoms with Crippen molar-refractivity contribution >= 4 is 17.5 Å². The van der Waals surface area contributed by atoms with E-state index in [0.29, 0.717) is 5.56 Å². The largest absolute Gasteiger partial charge is 0.437 e. The van der Waals surface area contributed by atoms with Gasteiger partial charge in [0, 0.05) is 24.1 Å². The first-order chi connectivity index (χ1) is 14.7. The van der Waals surface area contributed by atoms with Crippen LogP contribution >= 0.6 is 0 Å². The van der Waals surface area contributed by atoms with E-state index in [1.807, 2.05) is 0 Å². The summed E-state index contributed by atoms with van der Waals surface area (Å²) in [6.45, 7) is 1.30. The highest BCUT2D eigenvalue weighted by Crippen LogP contribution is 2.37. The molecule has 2 aliphatic heterocycles. The van der Waals surface area contributed by atoms with Crippen LogP contribution in [0.15, 0.2) is 42.6 Å². The van der Waals surface area contributed by atoms with E-state index in [2.05, 4.69) is 4.98 Å². The summed E-state index contributed by atoms with van der Waals surface area (Å²) in [4.78, 5) is 31.6. The minimum Gasteiger partial charge on any atom is -0.376 e. The van der Waals surface area contributed by atoms with Crippen molar-refractivity contribution in [1.29, 1.82) is 0 Å². The minimum atomic E-state index is -4.14. The molecule has 7 nitrogen and oxygen atoms in total. The van der Waals surface area contributed by atoms with Crippen molar-refractivity contribution in [2.24, 2.45) is 0 Å². The van der Waals surface area contributed by atoms with E-state index in [0.717, 1.165) is 22.7 Å². The fourth-order valence-corrected chi connectivity index (χ4v) is 3.71. The summed E-state index contributed by atoms with van der Waals surface area (Å²) in [6.07, 6.45) is -2.72. The number of alkyl halides is 2. The number of amides is 2. The van der Waals surface area contributed by atoms with Gasteiger partial charge in [-0.2, -0.15) is 8.78 Å². The minimum absolute atomic E-state index is 0.0959. The molecule has 2 aliphatic rings. The van der Waals surface area contributed by atoms with Crippen molar-refractivity contribution < 1.29 is 32.2 Å². The number of nitrogens with zero attached hydrogens (tertiary/aromatic N) is 3. The molecular formula is C21H20F3N3O4. The molecule has 0 aliphatic carbocycles. The number of pyridine rings is 1. The van der Waals surface area contributed by atoms with Crippen molar-refractivity contribution in [3.05, 3.63) is 59.7 Å². The molecule has 10 heteroatoms. The molecule has 0 saturated carbocycles. The van der Waals surface area contributed by atoms with E-state index in [1.165, 1.54) is 23.2 Å². The third kappa shape index (κ3) is 4.26. The predicted molar refractivity (Wildman–Crippen MR) is 103 cm³/mol. The summed E-state index contributed by atoms with van der Waals surface area (Å²) in [7, 11) is 0. The monoisotopic (exact) mass is 435 g/mol. The maximum atomic E-state index is 14.6. The van der Waals surface area contributed by atoms with E-state index in [-0.39, 0.29) is 38.5 Å². The van der Waals surface area contributed by atoms with Crippen LogP contribution in [0.1, 0.15) is 16.1 Å². The second-order valence-electron chi connectivity index (χ2n) is 7.64. The second-order valence-corrected chi connectivity index (χ2v) is 7.64. The molecule has 2 fully saturated rings. The number of ether oxygens (including phenoxy) is 2. The summed E-state index contributed by atoms with van der Waals surface area (Å²) in [5.41, 5.74) is -0.540. The Balaban J connectivity index is 1.64. The maximum Gasteiger partial charge on any atom is 0.437 e. The average Bonchev–Trinajstić information content (AvgIpc) is 2.94. The Morgan fingerprint density at radius 2 is 1.87 bits per heavy atom. The number of benzene rings is 1. The van der Waals surface area contributed by atoms with Crippen molar-refractivity contribution in [1.82, 2.24) is 9.88 Å². The van der Waals surface area contributed by atoms with E-state index in [1.54, 1.807) is 19.1 Å². The van der Waals surface area contributed by atoms with Crippen LogP contribution in [0.25, 0.3) is 0 Å². The lowest BCUT2D eigenvalue weighted by atomic mass is 10.00. The van der Waals surface area contributed by atoms with Crippen LogP contribution in [0.4, 0.5) is 18.9 Å². The van der Waals surface area contributed by atoms with Crippen LogP contribution in [-0.4, -0.2) is 66.3 Å². The molecule has 3 heterocycles. The van der Waals surface area contributed by atoms with Crippen molar-refractivity contribution in [2.75, 3.05) is 37.7 Å². The van der Waals surface area contributed by atoms with E-state index in [4.69, 9.17) is 9.47 Å². The highest BCUT2D eigenvalue weighted by Gasteiger charge is 2.58. The number of anilines is 1. The van der Waals surface area contributed by atoms with Crippen LogP contribution in [0.5, 0.6) is 0 Å². The predicted octanol–water partition coefficient (Wildman–Crippen LogP) is 2.40. The molecule has 0 radical (unpaired) electrons. The van der Waals surface area contributed by atoms with Crippen LogP contribution in [-0.2, 0) is 14.3 Å². The highest BCUT2D eigenvalue weighted by molar-refractivity contribution is 5.98. The van der Waals surface area contributed by atoms with Gasteiger partial charge in [-0.1, -0.05) is 0 Å². The molecule has 0 bridgehead atoms. The van der Waals surface area contributed by atoms with Gasteiger partial charge < -0.3 is 14.5 Å². The molecule has 2 saturated heterocycles. The van der Waals surface area contributed by atoms with Gasteiger partial charge in [0.15, 0.2) is 0 Å². The second kappa shape index (κ2) is 7.93. The Hall–Kier alpha value is -2.98. The molecule has 1 atom stereocenters. The normalized spacial score (nSPS) is 23.7. The molecule has 164 valence electrons. The topological polar surface area (TPSA) is 72.0 Å². The zero-order chi connectivity index (χ0) is 22.2. The maximum absolute atomic E-state index is 14.6. The quantitative estimate of drug-likeness (QED) is 0.725. The molecule has 31 heavy (non-hydrogen) atoms. The summed E-state index contributed by atoms with van der Waals surface area (Å²) >= 11 is 0. The van der Waals surface area contributed by atoms with Gasteiger partial charge in [-0.3, -0.25) is 19.3 Å². The van der Waals surface area contributed by atoms with E-state index >= 15 is 0 Å². The molecule has 2 amide bonds. The summed E-state index contributed by atoms with van der Waals surface area (Å²) in [5, 5.41) is 0. The van der Waals surface area contributed by atoms with Crippen molar-refractivity contribution in [3.8, 4) is 0 Å². The molecule has 1 unspecified atom stereocenters.